The maximum atomic E-state index is 12.7. The van der Waals surface area contributed by atoms with Crippen LogP contribution in [-0.2, 0) is 26.2 Å². The highest BCUT2D eigenvalue weighted by molar-refractivity contribution is 6.33. The number of hydrogen-bond acceptors (Lipinski definition) is 4. The van der Waals surface area contributed by atoms with Crippen LogP contribution in [0.5, 0.6) is 11.5 Å². The fourth-order valence-electron chi connectivity index (χ4n) is 5.18. The van der Waals surface area contributed by atoms with Gasteiger partial charge in [0.25, 0.3) is 11.1 Å². The molecule has 1 unspecified atom stereocenters. The maximum Gasteiger partial charge on any atom is 0.276 e. The predicted octanol–water partition coefficient (Wildman–Crippen LogP) is 6.94. The minimum atomic E-state index is -0.415. The van der Waals surface area contributed by atoms with Crippen molar-refractivity contribution >= 4 is 46.4 Å². The number of phenols is 1. The molecule has 6 rings (SSSR count). The first kappa shape index (κ1) is 30.2. The molecule has 0 fully saturated rings. The predicted molar refractivity (Wildman–Crippen MR) is 167 cm³/mol. The van der Waals surface area contributed by atoms with Gasteiger partial charge in [-0.3, -0.25) is 19.0 Å². The first-order valence-corrected chi connectivity index (χ1v) is 15.0. The number of benzene rings is 2. The van der Waals surface area contributed by atoms with E-state index < -0.39 is 6.10 Å². The lowest BCUT2D eigenvalue weighted by Gasteiger charge is -2.17. The van der Waals surface area contributed by atoms with Gasteiger partial charge in [-0.2, -0.15) is 0 Å². The molecule has 2 aromatic heterocycles. The normalized spacial score (nSPS) is 14.7. The van der Waals surface area contributed by atoms with E-state index in [4.69, 9.17) is 57.6 Å². The van der Waals surface area contributed by atoms with Crippen LogP contribution in [0.2, 0.25) is 20.4 Å². The summed E-state index contributed by atoms with van der Waals surface area (Å²) in [5.41, 5.74) is 1.96. The number of aromatic hydroxyl groups is 1. The van der Waals surface area contributed by atoms with E-state index in [1.165, 1.54) is 6.07 Å². The smallest absolute Gasteiger partial charge is 0.276 e. The van der Waals surface area contributed by atoms with E-state index >= 15 is 0 Å². The van der Waals surface area contributed by atoms with Crippen molar-refractivity contribution in [3.63, 3.8) is 0 Å². The Morgan fingerprint density at radius 1 is 0.762 bits per heavy atom. The number of fused-ring (bicyclic) bond motifs is 2. The molecule has 8 nitrogen and oxygen atoms in total. The molecule has 4 heterocycles. The van der Waals surface area contributed by atoms with E-state index in [1.807, 2.05) is 4.68 Å². The molecule has 42 heavy (non-hydrogen) atoms. The Bertz CT molecular complexity index is 1810. The first-order chi connectivity index (χ1) is 20.1. The largest absolute Gasteiger partial charge is 0.506 e. The van der Waals surface area contributed by atoms with Gasteiger partial charge < -0.3 is 9.84 Å². The van der Waals surface area contributed by atoms with Gasteiger partial charge in [0, 0.05) is 26.2 Å². The second kappa shape index (κ2) is 12.6. The topological polar surface area (TPSA) is 83.3 Å². The second-order valence-electron chi connectivity index (χ2n) is 10.1. The zero-order valence-corrected chi connectivity index (χ0v) is 25.8. The molecule has 0 amide bonds. The van der Waals surface area contributed by atoms with Crippen LogP contribution in [0.4, 0.5) is 0 Å². The number of halogens is 4. The van der Waals surface area contributed by atoms with E-state index in [9.17, 15) is 14.7 Å². The number of phenolic OH excluding ortho intramolecular Hbond substituents is 1. The standard InChI is InChI=1S/C17H16Cl2N2O2.C13H12Cl2N2O2/c1-3-11(2)23-14-10-12(6-7-13(14)18)15-16(19)20-8-4-5-9-21(20)17(15)22;14-9-4-3-8(7-10(9)18)11-12(15)16-5-1-2-6-17(16)13(11)19/h1,6-7,10-11H,4-5,8-9H2,2H3;3-4,7,18H,1-2,5-6H2. The number of nitrogens with zero attached hydrogens (tertiary/aromatic N) is 4. The molecule has 0 saturated heterocycles. The third-order valence-electron chi connectivity index (χ3n) is 7.32. The lowest BCUT2D eigenvalue weighted by Crippen LogP contribution is -2.27. The van der Waals surface area contributed by atoms with Gasteiger partial charge in [-0.1, -0.05) is 64.5 Å². The van der Waals surface area contributed by atoms with Crippen molar-refractivity contribution in [2.45, 2.75) is 64.9 Å². The van der Waals surface area contributed by atoms with E-state index in [1.54, 1.807) is 51.3 Å². The molecule has 220 valence electrons. The van der Waals surface area contributed by atoms with Gasteiger partial charge in [0.1, 0.15) is 21.8 Å². The quantitative estimate of drug-likeness (QED) is 0.243. The van der Waals surface area contributed by atoms with Gasteiger partial charge in [-0.05, 0) is 68.0 Å². The van der Waals surface area contributed by atoms with E-state index in [0.717, 1.165) is 38.8 Å². The summed E-state index contributed by atoms with van der Waals surface area (Å²) >= 11 is 24.7. The minimum absolute atomic E-state index is 0.0520. The molecule has 2 aliphatic heterocycles. The van der Waals surface area contributed by atoms with E-state index in [2.05, 4.69) is 5.92 Å². The van der Waals surface area contributed by atoms with Crippen LogP contribution in [-0.4, -0.2) is 29.9 Å². The number of terminal acetylenes is 1. The van der Waals surface area contributed by atoms with Crippen LogP contribution in [0.25, 0.3) is 22.3 Å². The lowest BCUT2D eigenvalue weighted by atomic mass is 10.1. The molecular formula is C30H28Cl4N4O4. The van der Waals surface area contributed by atoms with Crippen molar-refractivity contribution < 1.29 is 9.84 Å². The minimum Gasteiger partial charge on any atom is -0.506 e. The molecule has 1 atom stereocenters. The van der Waals surface area contributed by atoms with E-state index in [0.29, 0.717) is 56.4 Å². The van der Waals surface area contributed by atoms with Crippen LogP contribution in [0.3, 0.4) is 0 Å². The third kappa shape index (κ3) is 5.71. The molecule has 0 radical (unpaired) electrons. The number of rotatable bonds is 4. The molecule has 2 aromatic carbocycles. The van der Waals surface area contributed by atoms with Crippen molar-refractivity contribution in [2.24, 2.45) is 0 Å². The highest BCUT2D eigenvalue weighted by atomic mass is 35.5. The summed E-state index contributed by atoms with van der Waals surface area (Å²) in [6.45, 7) is 4.61. The van der Waals surface area contributed by atoms with Gasteiger partial charge in [0.05, 0.1) is 21.2 Å². The Balaban J connectivity index is 0.000000171. The molecule has 0 spiro atoms. The Morgan fingerprint density at radius 2 is 1.21 bits per heavy atom. The molecule has 12 heteroatoms. The van der Waals surface area contributed by atoms with Crippen molar-refractivity contribution in [3.05, 3.63) is 77.5 Å². The van der Waals surface area contributed by atoms with Crippen LogP contribution >= 0.6 is 46.4 Å². The highest BCUT2D eigenvalue weighted by Crippen LogP contribution is 2.35. The molecule has 0 saturated carbocycles. The van der Waals surface area contributed by atoms with Crippen LogP contribution in [0, 0.1) is 12.3 Å². The summed E-state index contributed by atoms with van der Waals surface area (Å²) in [6.07, 6.45) is 8.91. The summed E-state index contributed by atoms with van der Waals surface area (Å²) in [5, 5.41) is 11.2. The van der Waals surface area contributed by atoms with Crippen molar-refractivity contribution in [1.82, 2.24) is 18.7 Å². The zero-order chi connectivity index (χ0) is 30.1. The summed E-state index contributed by atoms with van der Waals surface area (Å²) in [7, 11) is 0. The average Bonchev–Trinajstić information content (AvgIpc) is 3.40. The van der Waals surface area contributed by atoms with Crippen LogP contribution in [0.1, 0.15) is 32.6 Å². The van der Waals surface area contributed by atoms with Crippen molar-refractivity contribution in [2.75, 3.05) is 0 Å². The summed E-state index contributed by atoms with van der Waals surface area (Å²) in [4.78, 5) is 25.0. The lowest BCUT2D eigenvalue weighted by molar-refractivity contribution is 0.279. The molecule has 0 bridgehead atoms. The van der Waals surface area contributed by atoms with Crippen LogP contribution in [0.15, 0.2) is 46.0 Å². The summed E-state index contributed by atoms with van der Waals surface area (Å²) in [6, 6.07) is 9.89. The zero-order valence-electron chi connectivity index (χ0n) is 22.7. The van der Waals surface area contributed by atoms with Crippen molar-refractivity contribution in [1.29, 1.82) is 0 Å². The molecule has 4 aromatic rings. The summed E-state index contributed by atoms with van der Waals surface area (Å²) < 4.78 is 12.6. The Labute approximate surface area is 262 Å². The first-order valence-electron chi connectivity index (χ1n) is 13.5. The molecule has 0 aliphatic carbocycles. The average molecular weight is 650 g/mol. The Morgan fingerprint density at radius 3 is 1.67 bits per heavy atom. The third-order valence-corrected chi connectivity index (χ3v) is 8.72. The van der Waals surface area contributed by atoms with Gasteiger partial charge >= 0.3 is 0 Å². The highest BCUT2D eigenvalue weighted by Gasteiger charge is 2.24. The number of hydrogen-bond donors (Lipinski definition) is 1. The van der Waals surface area contributed by atoms with Gasteiger partial charge in [0.15, 0.2) is 6.10 Å². The Hall–Kier alpha value is -3.22. The number of ether oxygens (including phenoxy) is 1. The Kier molecular flexibility index (Phi) is 9.05. The summed E-state index contributed by atoms with van der Waals surface area (Å²) in [5.74, 6) is 2.88. The fourth-order valence-corrected chi connectivity index (χ4v) is 6.19. The monoisotopic (exact) mass is 648 g/mol. The van der Waals surface area contributed by atoms with Crippen LogP contribution < -0.4 is 15.9 Å². The van der Waals surface area contributed by atoms with Gasteiger partial charge in [-0.15, -0.1) is 6.42 Å². The fraction of sp³-hybridized carbons (Fsp3) is 0.333. The van der Waals surface area contributed by atoms with Gasteiger partial charge in [0.2, 0.25) is 0 Å². The molecule has 1 N–H and O–H groups in total. The number of aromatic nitrogens is 4. The molecular weight excluding hydrogens is 622 g/mol. The van der Waals surface area contributed by atoms with Gasteiger partial charge in [-0.25, -0.2) is 9.36 Å². The SMILES string of the molecule is C#CC(C)Oc1cc(-c2c(Cl)n3n(c2=O)CCCC3)ccc1Cl.O=c1c(-c2ccc(Cl)c(O)c2)c(Cl)n2n1CCCC2. The maximum absolute atomic E-state index is 12.7. The van der Waals surface area contributed by atoms with E-state index in [-0.39, 0.29) is 21.9 Å². The second-order valence-corrected chi connectivity index (χ2v) is 11.6. The van der Waals surface area contributed by atoms with Crippen molar-refractivity contribution in [3.8, 4) is 46.1 Å². The molecule has 2 aliphatic rings.